The minimum Gasteiger partial charge on any atom is -0.362 e. The number of hydrogen-bond acceptors (Lipinski definition) is 2. The molecule has 3 aromatic rings. The molecule has 3 rings (SSSR count). The Balaban J connectivity index is 1.45. The van der Waals surface area contributed by atoms with Crippen molar-refractivity contribution in [2.24, 2.45) is 0 Å². The van der Waals surface area contributed by atoms with E-state index in [-0.39, 0.29) is 11.7 Å². The van der Waals surface area contributed by atoms with Crippen LogP contribution in [0.2, 0.25) is 0 Å². The zero-order chi connectivity index (χ0) is 19.8. The molecule has 0 aromatic heterocycles. The fraction of sp³-hybridized carbons (Fsp3) is 0.0909. The van der Waals surface area contributed by atoms with Crippen molar-refractivity contribution in [1.82, 2.24) is 5.32 Å². The van der Waals surface area contributed by atoms with Crippen LogP contribution in [-0.4, -0.2) is 17.6 Å². The molecule has 28 heavy (non-hydrogen) atoms. The Labute approximate surface area is 168 Å². The third-order valence-corrected chi connectivity index (χ3v) is 4.30. The van der Waals surface area contributed by atoms with Crippen LogP contribution in [0.15, 0.2) is 78.9 Å². The summed E-state index contributed by atoms with van der Waals surface area (Å²) in [4.78, 5) is 12.2. The molecule has 3 N–H and O–H groups in total. The zero-order valence-corrected chi connectivity index (χ0v) is 15.9. The first-order chi connectivity index (χ1) is 13.6. The Morgan fingerprint density at radius 1 is 0.821 bits per heavy atom. The van der Waals surface area contributed by atoms with E-state index in [9.17, 15) is 9.18 Å². The lowest BCUT2D eigenvalue weighted by molar-refractivity contribution is 0.102. The van der Waals surface area contributed by atoms with E-state index in [1.165, 1.54) is 12.1 Å². The molecule has 0 saturated carbocycles. The van der Waals surface area contributed by atoms with Gasteiger partial charge in [-0.15, -0.1) is 0 Å². The summed E-state index contributed by atoms with van der Waals surface area (Å²) in [7, 11) is 0. The normalized spacial score (nSPS) is 10.2. The maximum atomic E-state index is 12.9. The summed E-state index contributed by atoms with van der Waals surface area (Å²) in [6.07, 6.45) is 0.743. The molecule has 0 aliphatic heterocycles. The summed E-state index contributed by atoms with van der Waals surface area (Å²) in [5.74, 6) is -0.392. The molecule has 0 bridgehead atoms. The van der Waals surface area contributed by atoms with Crippen LogP contribution in [0.4, 0.5) is 15.8 Å². The van der Waals surface area contributed by atoms with E-state index in [0.29, 0.717) is 22.9 Å². The van der Waals surface area contributed by atoms with Crippen molar-refractivity contribution in [3.63, 3.8) is 0 Å². The van der Waals surface area contributed by atoms with Crippen LogP contribution < -0.4 is 16.0 Å². The van der Waals surface area contributed by atoms with Gasteiger partial charge in [-0.2, -0.15) is 0 Å². The highest BCUT2D eigenvalue weighted by atomic mass is 32.1. The van der Waals surface area contributed by atoms with Crippen molar-refractivity contribution in [1.29, 1.82) is 0 Å². The molecule has 6 heteroatoms. The molecule has 0 atom stereocenters. The van der Waals surface area contributed by atoms with E-state index in [1.807, 2.05) is 42.5 Å². The number of carbonyl (C=O) groups is 1. The molecule has 142 valence electrons. The van der Waals surface area contributed by atoms with Gasteiger partial charge in [0, 0.05) is 23.5 Å². The van der Waals surface area contributed by atoms with Gasteiger partial charge in [-0.05, 0) is 72.7 Å². The Kier molecular flexibility index (Phi) is 6.70. The van der Waals surface area contributed by atoms with Gasteiger partial charge in [-0.1, -0.05) is 30.3 Å². The zero-order valence-electron chi connectivity index (χ0n) is 15.1. The van der Waals surface area contributed by atoms with Crippen LogP contribution in [-0.2, 0) is 6.42 Å². The van der Waals surface area contributed by atoms with Crippen molar-refractivity contribution in [2.75, 3.05) is 17.2 Å². The summed E-state index contributed by atoms with van der Waals surface area (Å²) >= 11 is 5.29. The van der Waals surface area contributed by atoms with Crippen LogP contribution in [0, 0.1) is 5.82 Å². The van der Waals surface area contributed by atoms with Crippen LogP contribution in [0.3, 0.4) is 0 Å². The molecular formula is C22H20FN3OS. The number of thiocarbonyl (C=S) groups is 1. The maximum absolute atomic E-state index is 12.9. The Bertz CT molecular complexity index is 928. The van der Waals surface area contributed by atoms with Gasteiger partial charge in [-0.25, -0.2) is 4.39 Å². The smallest absolute Gasteiger partial charge is 0.255 e. The highest BCUT2D eigenvalue weighted by Gasteiger charge is 2.05. The first kappa shape index (κ1) is 19.5. The third-order valence-electron chi connectivity index (χ3n) is 4.05. The van der Waals surface area contributed by atoms with Crippen molar-refractivity contribution in [3.05, 3.63) is 95.8 Å². The van der Waals surface area contributed by atoms with Gasteiger partial charge in [-0.3, -0.25) is 4.79 Å². The van der Waals surface area contributed by atoms with Gasteiger partial charge < -0.3 is 16.0 Å². The Hall–Kier alpha value is -3.25. The average molecular weight is 393 g/mol. The van der Waals surface area contributed by atoms with Gasteiger partial charge >= 0.3 is 0 Å². The second-order valence-electron chi connectivity index (χ2n) is 6.15. The van der Waals surface area contributed by atoms with E-state index < -0.39 is 0 Å². The summed E-state index contributed by atoms with van der Waals surface area (Å²) in [5, 5.41) is 9.57. The van der Waals surface area contributed by atoms with Gasteiger partial charge in [0.15, 0.2) is 5.11 Å². The largest absolute Gasteiger partial charge is 0.362 e. The highest BCUT2D eigenvalue weighted by Crippen LogP contribution is 2.14. The molecule has 0 aliphatic carbocycles. The number of benzene rings is 3. The number of amides is 1. The number of rotatable bonds is 6. The first-order valence-electron chi connectivity index (χ1n) is 8.86. The second-order valence-corrected chi connectivity index (χ2v) is 6.56. The molecule has 3 aromatic carbocycles. The monoisotopic (exact) mass is 393 g/mol. The van der Waals surface area contributed by atoms with Crippen LogP contribution in [0.1, 0.15) is 15.9 Å². The minimum atomic E-state index is -0.239. The minimum absolute atomic E-state index is 0.153. The van der Waals surface area contributed by atoms with Crippen molar-refractivity contribution >= 4 is 34.6 Å². The number of hydrogen-bond donors (Lipinski definition) is 3. The molecule has 4 nitrogen and oxygen atoms in total. The Morgan fingerprint density at radius 3 is 2.07 bits per heavy atom. The molecule has 0 unspecified atom stereocenters. The van der Waals surface area contributed by atoms with Gasteiger partial charge in [0.2, 0.25) is 0 Å². The molecule has 0 saturated heterocycles. The van der Waals surface area contributed by atoms with Crippen LogP contribution in [0.5, 0.6) is 0 Å². The molecule has 0 heterocycles. The number of anilines is 2. The fourth-order valence-electron chi connectivity index (χ4n) is 2.58. The van der Waals surface area contributed by atoms with Gasteiger partial charge in [0.25, 0.3) is 5.91 Å². The summed E-state index contributed by atoms with van der Waals surface area (Å²) in [5.41, 5.74) is 3.16. The molecular weight excluding hydrogens is 373 g/mol. The second kappa shape index (κ2) is 9.62. The average Bonchev–Trinajstić information content (AvgIpc) is 2.71. The molecule has 0 fully saturated rings. The van der Waals surface area contributed by atoms with E-state index in [4.69, 9.17) is 12.2 Å². The van der Waals surface area contributed by atoms with Crippen LogP contribution in [0.25, 0.3) is 0 Å². The van der Waals surface area contributed by atoms with E-state index in [1.54, 1.807) is 24.3 Å². The lowest BCUT2D eigenvalue weighted by atomic mass is 10.1. The summed E-state index contributed by atoms with van der Waals surface area (Å²) in [6, 6.07) is 22.8. The maximum Gasteiger partial charge on any atom is 0.255 e. The lowest BCUT2D eigenvalue weighted by Crippen LogP contribution is -2.30. The first-order valence-corrected chi connectivity index (χ1v) is 9.27. The van der Waals surface area contributed by atoms with E-state index in [2.05, 4.69) is 16.0 Å². The van der Waals surface area contributed by atoms with Gasteiger partial charge in [0.1, 0.15) is 5.82 Å². The van der Waals surface area contributed by atoms with Crippen molar-refractivity contribution in [3.8, 4) is 0 Å². The topological polar surface area (TPSA) is 53.2 Å². The number of carbonyl (C=O) groups excluding carboxylic acids is 1. The summed E-state index contributed by atoms with van der Waals surface area (Å²) < 4.78 is 12.9. The quantitative estimate of drug-likeness (QED) is 0.536. The van der Waals surface area contributed by atoms with Gasteiger partial charge in [0.05, 0.1) is 0 Å². The molecule has 1 amide bonds. The fourth-order valence-corrected chi connectivity index (χ4v) is 2.80. The Morgan fingerprint density at radius 2 is 1.43 bits per heavy atom. The standard InChI is InChI=1S/C22H20FN3OS/c23-18-8-6-16(7-9-18)14-15-24-22(28)26-20-12-10-19(11-13-20)25-21(27)17-4-2-1-3-5-17/h1-13H,14-15H2,(H,25,27)(H2,24,26,28). The SMILES string of the molecule is O=C(Nc1ccc(NC(=S)NCCc2ccc(F)cc2)cc1)c1ccccc1. The van der Waals surface area contributed by atoms with Crippen molar-refractivity contribution in [2.45, 2.75) is 6.42 Å². The van der Waals surface area contributed by atoms with Crippen molar-refractivity contribution < 1.29 is 9.18 Å². The molecule has 0 spiro atoms. The predicted octanol–water partition coefficient (Wildman–Crippen LogP) is 4.61. The highest BCUT2D eigenvalue weighted by molar-refractivity contribution is 7.80. The summed E-state index contributed by atoms with van der Waals surface area (Å²) in [6.45, 7) is 0.642. The van der Waals surface area contributed by atoms with E-state index in [0.717, 1.165) is 17.7 Å². The number of halogens is 1. The number of nitrogens with one attached hydrogen (secondary N) is 3. The predicted molar refractivity (Wildman–Crippen MR) is 115 cm³/mol. The molecule has 0 radical (unpaired) electrons. The molecule has 0 aliphatic rings. The lowest BCUT2D eigenvalue weighted by Gasteiger charge is -2.11. The van der Waals surface area contributed by atoms with Crippen LogP contribution >= 0.6 is 12.2 Å². The van der Waals surface area contributed by atoms with E-state index >= 15 is 0 Å². The third kappa shape index (κ3) is 5.89.